The van der Waals surface area contributed by atoms with Crippen LogP contribution in [0.15, 0.2) is 24.9 Å². The van der Waals surface area contributed by atoms with Crippen LogP contribution < -0.4 is 0 Å². The van der Waals surface area contributed by atoms with Gasteiger partial charge >= 0.3 is 5.97 Å². The summed E-state index contributed by atoms with van der Waals surface area (Å²) in [5.41, 5.74) is 0.988. The largest absolute Gasteiger partial charge is 0.476 e. The summed E-state index contributed by atoms with van der Waals surface area (Å²) in [6.45, 7) is 3.99. The van der Waals surface area contributed by atoms with Gasteiger partial charge in [-0.2, -0.15) is 5.10 Å². The molecular weight excluding hydrogens is 222 g/mol. The minimum absolute atomic E-state index is 0.0875. The molecule has 0 aliphatic carbocycles. The maximum Gasteiger partial charge on any atom is 0.358 e. The van der Waals surface area contributed by atoms with Crippen LogP contribution in [0.1, 0.15) is 10.5 Å². The van der Waals surface area contributed by atoms with E-state index in [4.69, 9.17) is 5.11 Å². The van der Waals surface area contributed by atoms with Gasteiger partial charge in [-0.15, -0.1) is 11.7 Å². The summed E-state index contributed by atoms with van der Waals surface area (Å²) in [5, 5.41) is 20.5. The second-order valence-corrected chi connectivity index (χ2v) is 3.40. The topological polar surface area (TPSA) is 85.8 Å². The van der Waals surface area contributed by atoms with Crippen molar-refractivity contribution in [1.29, 1.82) is 0 Å². The number of allylic oxidation sites excluding steroid dienone is 1. The molecule has 88 valence electrons. The quantitative estimate of drug-likeness (QED) is 0.780. The van der Waals surface area contributed by atoms with Gasteiger partial charge in [0.2, 0.25) is 0 Å². The molecule has 7 heteroatoms. The average Bonchev–Trinajstić information content (AvgIpc) is 2.84. The Morgan fingerprint density at radius 2 is 2.41 bits per heavy atom. The summed E-state index contributed by atoms with van der Waals surface area (Å²) < 4.78 is 3.05. The highest BCUT2D eigenvalue weighted by atomic mass is 16.4. The number of hydrogen-bond donors (Lipinski definition) is 1. The lowest BCUT2D eigenvalue weighted by atomic mass is 10.2. The Balaban J connectivity index is 2.63. The summed E-state index contributed by atoms with van der Waals surface area (Å²) in [6.07, 6.45) is 3.21. The van der Waals surface area contributed by atoms with Crippen LogP contribution in [0.3, 0.4) is 0 Å². The number of aromatic carboxylic acids is 1. The molecule has 0 fully saturated rings. The monoisotopic (exact) mass is 233 g/mol. The molecule has 0 aliphatic heterocycles. The van der Waals surface area contributed by atoms with Crippen LogP contribution in [0.5, 0.6) is 0 Å². The zero-order valence-electron chi connectivity index (χ0n) is 9.24. The summed E-state index contributed by atoms with van der Waals surface area (Å²) in [5.74, 6) is -1.11. The van der Waals surface area contributed by atoms with Gasteiger partial charge in [-0.05, 0) is 6.07 Å². The molecule has 0 bridgehead atoms. The Bertz CT molecular complexity index is 569. The second-order valence-electron chi connectivity index (χ2n) is 3.40. The molecule has 0 unspecified atom stereocenters. The Morgan fingerprint density at radius 3 is 2.94 bits per heavy atom. The zero-order chi connectivity index (χ0) is 12.4. The van der Waals surface area contributed by atoms with Crippen LogP contribution in [-0.2, 0) is 13.6 Å². The first kappa shape index (κ1) is 11.1. The van der Waals surface area contributed by atoms with Gasteiger partial charge in [0.1, 0.15) is 5.69 Å². The lowest BCUT2D eigenvalue weighted by Gasteiger charge is -2.04. The van der Waals surface area contributed by atoms with Crippen LogP contribution in [0.2, 0.25) is 0 Å². The highest BCUT2D eigenvalue weighted by molar-refractivity contribution is 5.92. The number of carbonyl (C=O) groups is 1. The van der Waals surface area contributed by atoms with Crippen molar-refractivity contribution in [1.82, 2.24) is 24.8 Å². The first-order valence-electron chi connectivity index (χ1n) is 4.91. The SMILES string of the molecule is C=CCn1nnc(C(=O)O)c1-c1ccnn1C. The molecule has 0 amide bonds. The third-order valence-corrected chi connectivity index (χ3v) is 2.30. The van der Waals surface area contributed by atoms with E-state index in [1.165, 1.54) is 4.68 Å². The highest BCUT2D eigenvalue weighted by Crippen LogP contribution is 2.21. The van der Waals surface area contributed by atoms with Crippen molar-refractivity contribution in [3.05, 3.63) is 30.6 Å². The van der Waals surface area contributed by atoms with E-state index < -0.39 is 5.97 Å². The van der Waals surface area contributed by atoms with E-state index in [1.807, 2.05) is 0 Å². The fourth-order valence-corrected chi connectivity index (χ4v) is 1.57. The van der Waals surface area contributed by atoms with Crippen molar-refractivity contribution in [3.8, 4) is 11.4 Å². The van der Waals surface area contributed by atoms with Gasteiger partial charge in [0, 0.05) is 13.2 Å². The van der Waals surface area contributed by atoms with Gasteiger partial charge in [0.25, 0.3) is 0 Å². The molecule has 17 heavy (non-hydrogen) atoms. The Kier molecular flexibility index (Phi) is 2.73. The van der Waals surface area contributed by atoms with Crippen LogP contribution in [0, 0.1) is 0 Å². The Hall–Kier alpha value is -2.44. The van der Waals surface area contributed by atoms with E-state index in [1.54, 1.807) is 30.1 Å². The average molecular weight is 233 g/mol. The van der Waals surface area contributed by atoms with Gasteiger partial charge in [-0.3, -0.25) is 4.68 Å². The fourth-order valence-electron chi connectivity index (χ4n) is 1.57. The number of carboxylic acid groups (broad SMARTS) is 1. The first-order valence-corrected chi connectivity index (χ1v) is 4.91. The van der Waals surface area contributed by atoms with Crippen LogP contribution in [0.25, 0.3) is 11.4 Å². The molecule has 0 atom stereocenters. The maximum atomic E-state index is 11.1. The Morgan fingerprint density at radius 1 is 1.65 bits per heavy atom. The number of rotatable bonds is 4. The van der Waals surface area contributed by atoms with Gasteiger partial charge in [-0.25, -0.2) is 9.48 Å². The van der Waals surface area contributed by atoms with Crippen molar-refractivity contribution in [2.24, 2.45) is 7.05 Å². The maximum absolute atomic E-state index is 11.1. The number of carboxylic acids is 1. The number of hydrogen-bond acceptors (Lipinski definition) is 4. The summed E-state index contributed by atoms with van der Waals surface area (Å²) >= 11 is 0. The predicted molar refractivity (Wildman–Crippen MR) is 59.4 cm³/mol. The first-order chi connectivity index (χ1) is 8.15. The van der Waals surface area contributed by atoms with E-state index in [0.717, 1.165) is 0 Å². The van der Waals surface area contributed by atoms with Gasteiger partial charge in [-0.1, -0.05) is 11.3 Å². The van der Waals surface area contributed by atoms with E-state index in [2.05, 4.69) is 22.0 Å². The third kappa shape index (κ3) is 1.82. The minimum Gasteiger partial charge on any atom is -0.476 e. The van der Waals surface area contributed by atoms with Crippen molar-refractivity contribution in [2.75, 3.05) is 0 Å². The second kappa shape index (κ2) is 4.20. The van der Waals surface area contributed by atoms with E-state index in [0.29, 0.717) is 17.9 Å². The summed E-state index contributed by atoms with van der Waals surface area (Å²) in [4.78, 5) is 11.1. The van der Waals surface area contributed by atoms with E-state index in [9.17, 15) is 4.79 Å². The molecule has 0 spiro atoms. The van der Waals surface area contributed by atoms with Crippen molar-refractivity contribution >= 4 is 5.97 Å². The van der Waals surface area contributed by atoms with E-state index >= 15 is 0 Å². The van der Waals surface area contributed by atoms with Crippen molar-refractivity contribution in [2.45, 2.75) is 6.54 Å². The molecule has 0 saturated carbocycles. The van der Waals surface area contributed by atoms with Crippen molar-refractivity contribution in [3.63, 3.8) is 0 Å². The third-order valence-electron chi connectivity index (χ3n) is 2.30. The molecule has 0 saturated heterocycles. The number of aryl methyl sites for hydroxylation is 1. The van der Waals surface area contributed by atoms with Gasteiger partial charge in [0.15, 0.2) is 5.69 Å². The predicted octanol–water partition coefficient (Wildman–Crippen LogP) is 0.563. The lowest BCUT2D eigenvalue weighted by molar-refractivity contribution is 0.0691. The minimum atomic E-state index is -1.11. The molecule has 0 aliphatic rings. The molecular formula is C10H11N5O2. The molecule has 0 radical (unpaired) electrons. The normalized spacial score (nSPS) is 10.4. The lowest BCUT2D eigenvalue weighted by Crippen LogP contribution is -2.06. The molecule has 2 aromatic rings. The van der Waals surface area contributed by atoms with Crippen molar-refractivity contribution < 1.29 is 9.90 Å². The van der Waals surface area contributed by atoms with Gasteiger partial charge in [0.05, 0.1) is 12.2 Å². The number of nitrogens with zero attached hydrogens (tertiary/aromatic N) is 5. The van der Waals surface area contributed by atoms with Crippen LogP contribution in [0.4, 0.5) is 0 Å². The highest BCUT2D eigenvalue weighted by Gasteiger charge is 2.21. The zero-order valence-corrected chi connectivity index (χ0v) is 9.24. The summed E-state index contributed by atoms with van der Waals surface area (Å²) in [6, 6.07) is 1.71. The standard InChI is InChI=1S/C10H11N5O2/c1-3-6-15-9(7-4-5-11-14(7)2)8(10(16)17)12-13-15/h3-5H,1,6H2,2H3,(H,16,17). The summed E-state index contributed by atoms with van der Waals surface area (Å²) in [7, 11) is 1.73. The van der Waals surface area contributed by atoms with E-state index in [-0.39, 0.29) is 5.69 Å². The smallest absolute Gasteiger partial charge is 0.358 e. The molecule has 2 aromatic heterocycles. The number of aromatic nitrogens is 5. The van der Waals surface area contributed by atoms with Gasteiger partial charge < -0.3 is 5.11 Å². The molecule has 7 nitrogen and oxygen atoms in total. The van der Waals surface area contributed by atoms with Crippen LogP contribution >= 0.6 is 0 Å². The van der Waals surface area contributed by atoms with Crippen LogP contribution in [-0.4, -0.2) is 35.9 Å². The fraction of sp³-hybridized carbons (Fsp3) is 0.200. The molecule has 1 N–H and O–H groups in total. The Labute approximate surface area is 97.0 Å². The molecule has 0 aromatic carbocycles. The molecule has 2 heterocycles. The molecule has 2 rings (SSSR count).